The van der Waals surface area contributed by atoms with E-state index in [1.54, 1.807) is 5.57 Å². The second-order valence-electron chi connectivity index (χ2n) is 5.05. The van der Waals surface area contributed by atoms with Crippen molar-refractivity contribution in [2.24, 2.45) is 0 Å². The van der Waals surface area contributed by atoms with Crippen LogP contribution in [0.25, 0.3) is 0 Å². The Bertz CT molecular complexity index is 419. The lowest BCUT2D eigenvalue weighted by atomic mass is 9.95. The third-order valence-electron chi connectivity index (χ3n) is 3.97. The van der Waals surface area contributed by atoms with Gasteiger partial charge in [0.25, 0.3) is 0 Å². The van der Waals surface area contributed by atoms with Crippen molar-refractivity contribution in [1.29, 1.82) is 0 Å². The second kappa shape index (κ2) is 3.97. The molecule has 1 heteroatoms. The SMILES string of the molecule is CC1=CC[C@H](N2CCc3ccccc32)CC1. The Hall–Kier alpha value is -1.24. The van der Waals surface area contributed by atoms with Crippen molar-refractivity contribution in [3.05, 3.63) is 41.5 Å². The average molecular weight is 213 g/mol. The molecule has 0 saturated heterocycles. The molecule has 0 unspecified atom stereocenters. The fourth-order valence-corrected chi connectivity index (χ4v) is 2.98. The molecule has 2 aliphatic rings. The van der Waals surface area contributed by atoms with E-state index in [4.69, 9.17) is 0 Å². The summed E-state index contributed by atoms with van der Waals surface area (Å²) in [6.07, 6.45) is 7.50. The molecule has 0 amide bonds. The zero-order chi connectivity index (χ0) is 11.0. The summed E-state index contributed by atoms with van der Waals surface area (Å²) in [5, 5.41) is 0. The number of para-hydroxylation sites is 1. The number of anilines is 1. The van der Waals surface area contributed by atoms with Crippen LogP contribution in [0, 0.1) is 0 Å². The standard InChI is InChI=1S/C15H19N/c1-12-6-8-14(9-7-12)16-11-10-13-4-2-3-5-15(13)16/h2-6,14H,7-11H2,1H3/t14-/m0/s1. The molecule has 0 saturated carbocycles. The molecule has 1 nitrogen and oxygen atoms in total. The maximum Gasteiger partial charge on any atom is 0.0402 e. The van der Waals surface area contributed by atoms with Crippen LogP contribution in [-0.4, -0.2) is 12.6 Å². The molecule has 0 aromatic heterocycles. The summed E-state index contributed by atoms with van der Waals surface area (Å²) in [5.41, 5.74) is 4.60. The lowest BCUT2D eigenvalue weighted by Gasteiger charge is -2.32. The predicted octanol–water partition coefficient (Wildman–Crippen LogP) is 3.55. The first-order valence-electron chi connectivity index (χ1n) is 6.35. The third kappa shape index (κ3) is 1.64. The Labute approximate surface area is 97.8 Å². The molecule has 1 heterocycles. The highest BCUT2D eigenvalue weighted by Gasteiger charge is 2.26. The number of hydrogen-bond donors (Lipinski definition) is 0. The number of benzene rings is 1. The Morgan fingerprint density at radius 1 is 1.19 bits per heavy atom. The zero-order valence-electron chi connectivity index (χ0n) is 9.95. The summed E-state index contributed by atoms with van der Waals surface area (Å²) in [5.74, 6) is 0. The highest BCUT2D eigenvalue weighted by Crippen LogP contribution is 2.33. The van der Waals surface area contributed by atoms with Gasteiger partial charge in [-0.25, -0.2) is 0 Å². The predicted molar refractivity (Wildman–Crippen MR) is 68.9 cm³/mol. The van der Waals surface area contributed by atoms with Gasteiger partial charge >= 0.3 is 0 Å². The van der Waals surface area contributed by atoms with Crippen LogP contribution in [0.1, 0.15) is 31.7 Å². The molecule has 3 rings (SSSR count). The van der Waals surface area contributed by atoms with E-state index in [2.05, 4.69) is 42.2 Å². The Morgan fingerprint density at radius 2 is 2.06 bits per heavy atom. The minimum atomic E-state index is 0.743. The van der Waals surface area contributed by atoms with Crippen LogP contribution >= 0.6 is 0 Å². The Kier molecular flexibility index (Phi) is 2.47. The van der Waals surface area contributed by atoms with Gasteiger partial charge in [-0.1, -0.05) is 29.8 Å². The first-order valence-corrected chi connectivity index (χ1v) is 6.35. The molecule has 16 heavy (non-hydrogen) atoms. The fraction of sp³-hybridized carbons (Fsp3) is 0.467. The van der Waals surface area contributed by atoms with E-state index in [0.29, 0.717) is 0 Å². The summed E-state index contributed by atoms with van der Waals surface area (Å²) in [6.45, 7) is 3.48. The fourth-order valence-electron chi connectivity index (χ4n) is 2.98. The molecule has 0 N–H and O–H groups in total. The van der Waals surface area contributed by atoms with Gasteiger partial charge in [-0.3, -0.25) is 0 Å². The molecule has 0 spiro atoms. The van der Waals surface area contributed by atoms with Gasteiger partial charge in [0.15, 0.2) is 0 Å². The molecule has 1 aromatic rings. The lowest BCUT2D eigenvalue weighted by Crippen LogP contribution is -2.34. The van der Waals surface area contributed by atoms with Crippen LogP contribution in [-0.2, 0) is 6.42 Å². The quantitative estimate of drug-likeness (QED) is 0.645. The minimum absolute atomic E-state index is 0.743. The normalized spacial score (nSPS) is 24.2. The van der Waals surface area contributed by atoms with E-state index in [-0.39, 0.29) is 0 Å². The van der Waals surface area contributed by atoms with Crippen LogP contribution in [0.3, 0.4) is 0 Å². The molecule has 1 aromatic carbocycles. The molecule has 0 fully saturated rings. The monoisotopic (exact) mass is 213 g/mol. The van der Waals surface area contributed by atoms with Gasteiger partial charge < -0.3 is 4.90 Å². The lowest BCUT2D eigenvalue weighted by molar-refractivity contribution is 0.544. The maximum absolute atomic E-state index is 2.62. The van der Waals surface area contributed by atoms with Gasteiger partial charge in [-0.15, -0.1) is 0 Å². The number of hydrogen-bond acceptors (Lipinski definition) is 1. The topological polar surface area (TPSA) is 3.24 Å². The largest absolute Gasteiger partial charge is 0.368 e. The molecule has 1 aliphatic carbocycles. The molecule has 84 valence electrons. The van der Waals surface area contributed by atoms with Crippen LogP contribution in [0.15, 0.2) is 35.9 Å². The highest BCUT2D eigenvalue weighted by molar-refractivity contribution is 5.58. The number of fused-ring (bicyclic) bond motifs is 1. The molecule has 1 aliphatic heterocycles. The third-order valence-corrected chi connectivity index (χ3v) is 3.97. The summed E-state index contributed by atoms with van der Waals surface area (Å²) in [7, 11) is 0. The van der Waals surface area contributed by atoms with Crippen molar-refractivity contribution in [3.8, 4) is 0 Å². The summed E-state index contributed by atoms with van der Waals surface area (Å²) >= 11 is 0. The number of nitrogens with zero attached hydrogens (tertiary/aromatic N) is 1. The van der Waals surface area contributed by atoms with Gasteiger partial charge in [-0.2, -0.15) is 0 Å². The number of rotatable bonds is 1. The Balaban J connectivity index is 1.83. The van der Waals surface area contributed by atoms with Gasteiger partial charge in [-0.05, 0) is 44.2 Å². The first kappa shape index (κ1) is 9.95. The van der Waals surface area contributed by atoms with Crippen molar-refractivity contribution < 1.29 is 0 Å². The molecular weight excluding hydrogens is 194 g/mol. The summed E-state index contributed by atoms with van der Waals surface area (Å²) in [6, 6.07) is 9.63. The van der Waals surface area contributed by atoms with Gasteiger partial charge in [0.2, 0.25) is 0 Å². The molecule has 1 atom stereocenters. The zero-order valence-corrected chi connectivity index (χ0v) is 9.95. The van der Waals surface area contributed by atoms with E-state index >= 15 is 0 Å². The molecule has 0 bridgehead atoms. The van der Waals surface area contributed by atoms with Crippen molar-refractivity contribution in [2.75, 3.05) is 11.4 Å². The van der Waals surface area contributed by atoms with Crippen molar-refractivity contribution in [2.45, 2.75) is 38.6 Å². The van der Waals surface area contributed by atoms with E-state index in [0.717, 1.165) is 6.04 Å². The van der Waals surface area contributed by atoms with E-state index < -0.39 is 0 Å². The van der Waals surface area contributed by atoms with Crippen LogP contribution in [0.5, 0.6) is 0 Å². The van der Waals surface area contributed by atoms with E-state index in [9.17, 15) is 0 Å². The average Bonchev–Trinajstić information content (AvgIpc) is 2.74. The van der Waals surface area contributed by atoms with Crippen molar-refractivity contribution in [1.82, 2.24) is 0 Å². The Morgan fingerprint density at radius 3 is 2.88 bits per heavy atom. The van der Waals surface area contributed by atoms with Crippen LogP contribution in [0.2, 0.25) is 0 Å². The summed E-state index contributed by atoms with van der Waals surface area (Å²) < 4.78 is 0. The second-order valence-corrected chi connectivity index (χ2v) is 5.05. The number of allylic oxidation sites excluding steroid dienone is 1. The van der Waals surface area contributed by atoms with Crippen LogP contribution < -0.4 is 4.90 Å². The van der Waals surface area contributed by atoms with Gasteiger partial charge in [0, 0.05) is 18.3 Å². The van der Waals surface area contributed by atoms with E-state index in [1.165, 1.54) is 43.5 Å². The minimum Gasteiger partial charge on any atom is -0.368 e. The molecular formula is C15H19N. The van der Waals surface area contributed by atoms with Crippen molar-refractivity contribution in [3.63, 3.8) is 0 Å². The highest BCUT2D eigenvalue weighted by atomic mass is 15.2. The van der Waals surface area contributed by atoms with E-state index in [1.807, 2.05) is 0 Å². The van der Waals surface area contributed by atoms with Crippen molar-refractivity contribution >= 4 is 5.69 Å². The maximum atomic E-state index is 2.62. The van der Waals surface area contributed by atoms with Gasteiger partial charge in [0.1, 0.15) is 0 Å². The summed E-state index contributed by atoms with van der Waals surface area (Å²) in [4.78, 5) is 2.62. The first-order chi connectivity index (χ1) is 7.84. The van der Waals surface area contributed by atoms with Crippen LogP contribution in [0.4, 0.5) is 5.69 Å². The van der Waals surface area contributed by atoms with Gasteiger partial charge in [0.05, 0.1) is 0 Å². The molecule has 0 radical (unpaired) electrons. The smallest absolute Gasteiger partial charge is 0.0402 e.